The number of ether oxygens (including phenoxy) is 2. The minimum Gasteiger partial charge on any atom is -0.465 e. The van der Waals surface area contributed by atoms with Crippen molar-refractivity contribution in [2.45, 2.75) is 20.3 Å². The lowest BCUT2D eigenvalue weighted by Gasteiger charge is -2.14. The Labute approximate surface area is 138 Å². The summed E-state index contributed by atoms with van der Waals surface area (Å²) in [6.45, 7) is 3.77. The van der Waals surface area contributed by atoms with E-state index in [-0.39, 0.29) is 30.7 Å². The second-order valence-corrected chi connectivity index (χ2v) is 5.08. The summed E-state index contributed by atoms with van der Waals surface area (Å²) in [5.41, 5.74) is 1.33. The molecule has 0 heterocycles. The quantitative estimate of drug-likeness (QED) is 0.304. The predicted molar refractivity (Wildman–Crippen MR) is 85.0 cm³/mol. The molecule has 1 rings (SSSR count). The maximum Gasteiger partial charge on any atom is 0.320 e. The highest BCUT2D eigenvalue weighted by Gasteiger charge is 2.29. The van der Waals surface area contributed by atoms with Gasteiger partial charge >= 0.3 is 11.9 Å². The normalized spacial score (nSPS) is 10.4. The van der Waals surface area contributed by atoms with Crippen LogP contribution < -0.4 is 0 Å². The van der Waals surface area contributed by atoms with Crippen LogP contribution in [-0.4, -0.2) is 36.3 Å². The van der Waals surface area contributed by atoms with Crippen molar-refractivity contribution in [1.29, 1.82) is 0 Å². The predicted octanol–water partition coefficient (Wildman–Crippen LogP) is 2.55. The molecule has 0 aliphatic rings. The highest BCUT2D eigenvalue weighted by molar-refractivity contribution is 9.09. The SMILES string of the molecule is CCOC(=O)C(Cc1ccc(C(=O)CBr)cc1)C(=O)OCC. The number of hydrogen-bond donors (Lipinski definition) is 0. The van der Waals surface area contributed by atoms with Crippen LogP contribution in [-0.2, 0) is 25.5 Å². The van der Waals surface area contributed by atoms with Crippen molar-refractivity contribution in [2.24, 2.45) is 5.92 Å². The molecule has 0 aliphatic heterocycles. The highest BCUT2D eigenvalue weighted by atomic mass is 79.9. The Morgan fingerprint density at radius 3 is 1.91 bits per heavy atom. The maximum atomic E-state index is 11.9. The number of Topliss-reactive ketones (excluding diaryl/α,β-unsaturated/α-hetero) is 1. The van der Waals surface area contributed by atoms with Crippen LogP contribution in [0.4, 0.5) is 0 Å². The molecule has 0 atom stereocenters. The Morgan fingerprint density at radius 2 is 1.50 bits per heavy atom. The molecule has 1 aromatic carbocycles. The van der Waals surface area contributed by atoms with E-state index in [9.17, 15) is 14.4 Å². The molecule has 0 fully saturated rings. The first-order chi connectivity index (χ1) is 10.5. The summed E-state index contributed by atoms with van der Waals surface area (Å²) in [7, 11) is 0. The Hall–Kier alpha value is -1.69. The van der Waals surface area contributed by atoms with Crippen LogP contribution in [0, 0.1) is 5.92 Å². The summed E-state index contributed by atoms with van der Waals surface area (Å²) in [5, 5.41) is 0.251. The molecule has 0 N–H and O–H groups in total. The molecule has 0 unspecified atom stereocenters. The minimum absolute atomic E-state index is 0.0288. The second-order valence-electron chi connectivity index (χ2n) is 4.51. The highest BCUT2D eigenvalue weighted by Crippen LogP contribution is 2.14. The summed E-state index contributed by atoms with van der Waals surface area (Å²) in [4.78, 5) is 35.3. The molecule has 1 aromatic rings. The number of halogens is 1. The Morgan fingerprint density at radius 1 is 1.00 bits per heavy atom. The van der Waals surface area contributed by atoms with Crippen molar-refractivity contribution in [3.8, 4) is 0 Å². The van der Waals surface area contributed by atoms with E-state index < -0.39 is 17.9 Å². The Bertz CT molecular complexity index is 506. The number of benzene rings is 1. The molecule has 22 heavy (non-hydrogen) atoms. The number of carbonyl (C=O) groups is 3. The number of rotatable bonds is 8. The van der Waals surface area contributed by atoms with E-state index >= 15 is 0 Å². The van der Waals surface area contributed by atoms with Gasteiger partial charge in [0.25, 0.3) is 0 Å². The molecule has 6 heteroatoms. The summed E-state index contributed by atoms with van der Waals surface area (Å²) >= 11 is 3.11. The minimum atomic E-state index is -0.988. The van der Waals surface area contributed by atoms with E-state index in [0.29, 0.717) is 5.56 Å². The van der Waals surface area contributed by atoms with Gasteiger partial charge in [0.15, 0.2) is 11.7 Å². The summed E-state index contributed by atoms with van der Waals surface area (Å²) in [5.74, 6) is -2.21. The maximum absolute atomic E-state index is 11.9. The van der Waals surface area contributed by atoms with Gasteiger partial charge in [0.2, 0.25) is 0 Å². The van der Waals surface area contributed by atoms with E-state index in [4.69, 9.17) is 9.47 Å². The molecule has 0 aromatic heterocycles. The lowest BCUT2D eigenvalue weighted by molar-refractivity contribution is -0.161. The van der Waals surface area contributed by atoms with Crippen molar-refractivity contribution in [1.82, 2.24) is 0 Å². The second kappa shape index (κ2) is 9.35. The van der Waals surface area contributed by atoms with Gasteiger partial charge in [-0.3, -0.25) is 14.4 Å². The molecule has 0 amide bonds. The van der Waals surface area contributed by atoms with Crippen LogP contribution in [0.15, 0.2) is 24.3 Å². The number of ketones is 1. The van der Waals surface area contributed by atoms with Crippen LogP contribution in [0.5, 0.6) is 0 Å². The van der Waals surface area contributed by atoms with E-state index in [1.54, 1.807) is 38.1 Å². The third-order valence-electron chi connectivity index (χ3n) is 2.98. The number of hydrogen-bond acceptors (Lipinski definition) is 5. The topological polar surface area (TPSA) is 69.7 Å². The molecule has 0 radical (unpaired) electrons. The molecule has 0 aliphatic carbocycles. The number of carbonyl (C=O) groups excluding carboxylic acids is 3. The van der Waals surface area contributed by atoms with E-state index in [2.05, 4.69) is 15.9 Å². The fourth-order valence-corrected chi connectivity index (χ4v) is 2.21. The van der Waals surface area contributed by atoms with Crippen LogP contribution in [0.25, 0.3) is 0 Å². The van der Waals surface area contributed by atoms with Gasteiger partial charge in [0.1, 0.15) is 0 Å². The van der Waals surface area contributed by atoms with Gasteiger partial charge in [0.05, 0.1) is 18.5 Å². The zero-order valence-electron chi connectivity index (χ0n) is 12.6. The van der Waals surface area contributed by atoms with Gasteiger partial charge in [-0.25, -0.2) is 0 Å². The molecule has 0 saturated heterocycles. The van der Waals surface area contributed by atoms with Crippen molar-refractivity contribution >= 4 is 33.7 Å². The first-order valence-electron chi connectivity index (χ1n) is 7.04. The molecule has 120 valence electrons. The van der Waals surface area contributed by atoms with Crippen molar-refractivity contribution in [2.75, 3.05) is 18.5 Å². The van der Waals surface area contributed by atoms with Crippen molar-refractivity contribution in [3.63, 3.8) is 0 Å². The zero-order chi connectivity index (χ0) is 16.5. The molecule has 5 nitrogen and oxygen atoms in total. The molecule has 0 saturated carbocycles. The van der Waals surface area contributed by atoms with Gasteiger partial charge in [0, 0.05) is 5.56 Å². The smallest absolute Gasteiger partial charge is 0.320 e. The monoisotopic (exact) mass is 370 g/mol. The molecule has 0 spiro atoms. The fourth-order valence-electron chi connectivity index (χ4n) is 1.89. The Balaban J connectivity index is 2.86. The van der Waals surface area contributed by atoms with Gasteiger partial charge in [-0.05, 0) is 25.8 Å². The average molecular weight is 371 g/mol. The van der Waals surface area contributed by atoms with Crippen LogP contribution >= 0.6 is 15.9 Å². The van der Waals surface area contributed by atoms with Gasteiger partial charge in [-0.2, -0.15) is 0 Å². The van der Waals surface area contributed by atoms with Crippen molar-refractivity contribution in [3.05, 3.63) is 35.4 Å². The largest absolute Gasteiger partial charge is 0.465 e. The van der Waals surface area contributed by atoms with Crippen molar-refractivity contribution < 1.29 is 23.9 Å². The van der Waals surface area contributed by atoms with E-state index in [1.807, 2.05) is 0 Å². The summed E-state index contributed by atoms with van der Waals surface area (Å²) in [6, 6.07) is 6.79. The third-order valence-corrected chi connectivity index (χ3v) is 3.49. The summed E-state index contributed by atoms with van der Waals surface area (Å²) < 4.78 is 9.85. The average Bonchev–Trinajstić information content (AvgIpc) is 2.52. The third kappa shape index (κ3) is 5.26. The Kier molecular flexibility index (Phi) is 7.80. The first kappa shape index (κ1) is 18.4. The zero-order valence-corrected chi connectivity index (χ0v) is 14.2. The van der Waals surface area contributed by atoms with E-state index in [1.165, 1.54) is 0 Å². The number of esters is 2. The molecular formula is C16H19BrO5. The van der Waals surface area contributed by atoms with Crippen LogP contribution in [0.3, 0.4) is 0 Å². The molecular weight excluding hydrogens is 352 g/mol. The van der Waals surface area contributed by atoms with Gasteiger partial charge in [-0.15, -0.1) is 0 Å². The molecule has 0 bridgehead atoms. The lowest BCUT2D eigenvalue weighted by Crippen LogP contribution is -2.30. The van der Waals surface area contributed by atoms with Crippen LogP contribution in [0.2, 0.25) is 0 Å². The van der Waals surface area contributed by atoms with Gasteiger partial charge < -0.3 is 9.47 Å². The fraction of sp³-hybridized carbons (Fsp3) is 0.438. The summed E-state index contributed by atoms with van der Waals surface area (Å²) in [6.07, 6.45) is 0.181. The van der Waals surface area contributed by atoms with Crippen LogP contribution in [0.1, 0.15) is 29.8 Å². The van der Waals surface area contributed by atoms with E-state index in [0.717, 1.165) is 5.56 Å². The first-order valence-corrected chi connectivity index (χ1v) is 8.16. The standard InChI is InChI=1S/C16H19BrO5/c1-3-21-15(19)13(16(20)22-4-2)9-11-5-7-12(8-6-11)14(18)10-17/h5-8,13H,3-4,9-10H2,1-2H3. The lowest BCUT2D eigenvalue weighted by atomic mass is 9.98. The van der Waals surface area contributed by atoms with Gasteiger partial charge in [-0.1, -0.05) is 40.2 Å². The number of alkyl halides is 1.